The summed E-state index contributed by atoms with van der Waals surface area (Å²) in [5.74, 6) is 0. The van der Waals surface area contributed by atoms with Crippen LogP contribution in [0.25, 0.3) is 0 Å². The van der Waals surface area contributed by atoms with Crippen LogP contribution in [-0.2, 0) is 0 Å². The summed E-state index contributed by atoms with van der Waals surface area (Å²) in [7, 11) is 0. The first-order valence-electron chi connectivity index (χ1n) is 5.66. The molecular weight excluding hydrogens is 224 g/mol. The number of nitrogens with two attached hydrogens (primary N) is 1. The lowest BCUT2D eigenvalue weighted by Gasteiger charge is -2.29. The predicted octanol–water partition coefficient (Wildman–Crippen LogP) is 2.64. The highest BCUT2D eigenvalue weighted by Crippen LogP contribution is 2.27. The Kier molecular flexibility index (Phi) is 3.56. The van der Waals surface area contributed by atoms with Crippen molar-refractivity contribution in [3.63, 3.8) is 0 Å². The fraction of sp³-hybridized carbons (Fsp3) is 0.500. The van der Waals surface area contributed by atoms with Gasteiger partial charge in [-0.05, 0) is 31.0 Å². The molecule has 0 amide bonds. The minimum atomic E-state index is -0.274. The average molecular weight is 241 g/mol. The summed E-state index contributed by atoms with van der Waals surface area (Å²) < 4.78 is 0. The van der Waals surface area contributed by atoms with E-state index in [1.807, 2.05) is 6.07 Å². The Morgan fingerprint density at radius 2 is 2.06 bits per heavy atom. The first kappa shape index (κ1) is 11.6. The Labute approximate surface area is 101 Å². The number of aliphatic hydroxyl groups is 1. The fourth-order valence-corrected chi connectivity index (χ4v) is 2.32. The number of hydrogen-bond donors (Lipinski definition) is 3. The molecule has 2 atom stereocenters. The number of benzene rings is 1. The van der Waals surface area contributed by atoms with E-state index in [-0.39, 0.29) is 12.1 Å². The maximum absolute atomic E-state index is 9.85. The maximum atomic E-state index is 9.85. The molecule has 3 nitrogen and oxygen atoms in total. The monoisotopic (exact) mass is 240 g/mol. The van der Waals surface area contributed by atoms with E-state index in [1.54, 1.807) is 12.1 Å². The molecule has 0 heterocycles. The van der Waals surface area contributed by atoms with Crippen molar-refractivity contribution in [1.82, 2.24) is 0 Å². The van der Waals surface area contributed by atoms with E-state index < -0.39 is 0 Å². The molecule has 0 bridgehead atoms. The van der Waals surface area contributed by atoms with Gasteiger partial charge >= 0.3 is 0 Å². The molecule has 0 aliphatic heterocycles. The molecule has 4 N–H and O–H groups in total. The van der Waals surface area contributed by atoms with E-state index in [1.165, 1.54) is 0 Å². The second-order valence-electron chi connectivity index (χ2n) is 4.33. The van der Waals surface area contributed by atoms with Crippen molar-refractivity contribution in [2.45, 2.75) is 37.8 Å². The van der Waals surface area contributed by atoms with E-state index >= 15 is 0 Å². The summed E-state index contributed by atoms with van der Waals surface area (Å²) in [6, 6.07) is 5.49. The fourth-order valence-electron chi connectivity index (χ4n) is 2.14. The van der Waals surface area contributed by atoms with E-state index in [0.29, 0.717) is 10.7 Å². The summed E-state index contributed by atoms with van der Waals surface area (Å²) in [5.41, 5.74) is 7.34. The maximum Gasteiger partial charge on any atom is 0.0741 e. The summed E-state index contributed by atoms with van der Waals surface area (Å²) in [6.07, 6.45) is 3.84. The zero-order valence-corrected chi connectivity index (χ0v) is 9.87. The molecule has 1 fully saturated rings. The molecule has 1 aliphatic rings. The number of aliphatic hydroxyl groups excluding tert-OH is 1. The lowest BCUT2D eigenvalue weighted by atomic mass is 9.92. The highest BCUT2D eigenvalue weighted by Gasteiger charge is 2.23. The minimum absolute atomic E-state index is 0.109. The molecule has 2 unspecified atom stereocenters. The van der Waals surface area contributed by atoms with Gasteiger partial charge in [0, 0.05) is 5.02 Å². The molecule has 0 spiro atoms. The molecule has 0 aromatic heterocycles. The normalized spacial score (nSPS) is 25.4. The first-order chi connectivity index (χ1) is 7.66. The van der Waals surface area contributed by atoms with Gasteiger partial charge in [-0.3, -0.25) is 0 Å². The van der Waals surface area contributed by atoms with Gasteiger partial charge in [-0.25, -0.2) is 0 Å². The van der Waals surface area contributed by atoms with Crippen LogP contribution in [0.5, 0.6) is 0 Å². The quantitative estimate of drug-likeness (QED) is 0.697. The number of hydrogen-bond acceptors (Lipinski definition) is 3. The van der Waals surface area contributed by atoms with Crippen LogP contribution in [0, 0.1) is 0 Å². The highest BCUT2D eigenvalue weighted by atomic mass is 35.5. The van der Waals surface area contributed by atoms with Gasteiger partial charge in [0.25, 0.3) is 0 Å². The molecule has 1 aromatic rings. The SMILES string of the molecule is Nc1cc(Cl)ccc1NC1CCCCC1O. The largest absolute Gasteiger partial charge is 0.397 e. The third kappa shape index (κ3) is 2.60. The van der Waals surface area contributed by atoms with E-state index in [0.717, 1.165) is 31.4 Å². The van der Waals surface area contributed by atoms with Gasteiger partial charge in [-0.2, -0.15) is 0 Å². The van der Waals surface area contributed by atoms with E-state index in [4.69, 9.17) is 17.3 Å². The average Bonchev–Trinajstić information content (AvgIpc) is 2.25. The minimum Gasteiger partial charge on any atom is -0.397 e. The van der Waals surface area contributed by atoms with Crippen molar-refractivity contribution in [3.8, 4) is 0 Å². The van der Waals surface area contributed by atoms with Crippen LogP contribution in [0.1, 0.15) is 25.7 Å². The van der Waals surface area contributed by atoms with Crippen molar-refractivity contribution in [3.05, 3.63) is 23.2 Å². The van der Waals surface area contributed by atoms with E-state index in [9.17, 15) is 5.11 Å². The van der Waals surface area contributed by atoms with Crippen molar-refractivity contribution in [2.24, 2.45) is 0 Å². The van der Waals surface area contributed by atoms with Crippen molar-refractivity contribution in [2.75, 3.05) is 11.1 Å². The number of nitrogen functional groups attached to an aromatic ring is 1. The summed E-state index contributed by atoms with van der Waals surface area (Å²) in [5, 5.41) is 13.8. The standard InChI is InChI=1S/C12H17ClN2O/c13-8-5-6-10(9(14)7-8)15-11-3-1-2-4-12(11)16/h5-7,11-12,15-16H,1-4,14H2. The molecule has 1 aliphatic carbocycles. The van der Waals surface area contributed by atoms with Gasteiger partial charge in [0.1, 0.15) is 0 Å². The van der Waals surface area contributed by atoms with Crippen LogP contribution in [0.4, 0.5) is 11.4 Å². The Morgan fingerprint density at radius 1 is 1.31 bits per heavy atom. The molecule has 16 heavy (non-hydrogen) atoms. The molecule has 1 aromatic carbocycles. The topological polar surface area (TPSA) is 58.3 Å². The van der Waals surface area contributed by atoms with Crippen LogP contribution in [0.3, 0.4) is 0 Å². The lowest BCUT2D eigenvalue weighted by Crippen LogP contribution is -2.36. The molecule has 2 rings (SSSR count). The number of halogens is 1. The van der Waals surface area contributed by atoms with Gasteiger partial charge < -0.3 is 16.2 Å². The zero-order chi connectivity index (χ0) is 11.5. The molecule has 0 radical (unpaired) electrons. The second-order valence-corrected chi connectivity index (χ2v) is 4.77. The van der Waals surface area contributed by atoms with Crippen LogP contribution in [0.2, 0.25) is 5.02 Å². The lowest BCUT2D eigenvalue weighted by molar-refractivity contribution is 0.116. The number of rotatable bonds is 2. The third-order valence-corrected chi connectivity index (χ3v) is 3.32. The number of nitrogens with one attached hydrogen (secondary N) is 1. The van der Waals surface area contributed by atoms with Gasteiger partial charge in [0.15, 0.2) is 0 Å². The number of anilines is 2. The van der Waals surface area contributed by atoms with Crippen LogP contribution < -0.4 is 11.1 Å². The summed E-state index contributed by atoms with van der Waals surface area (Å²) in [4.78, 5) is 0. The van der Waals surface area contributed by atoms with Gasteiger partial charge in [0.05, 0.1) is 23.5 Å². The first-order valence-corrected chi connectivity index (χ1v) is 6.04. The summed E-state index contributed by atoms with van der Waals surface area (Å²) >= 11 is 5.83. The van der Waals surface area contributed by atoms with Crippen molar-refractivity contribution < 1.29 is 5.11 Å². The van der Waals surface area contributed by atoms with Gasteiger partial charge in [-0.15, -0.1) is 0 Å². The van der Waals surface area contributed by atoms with Crippen LogP contribution >= 0.6 is 11.6 Å². The highest BCUT2D eigenvalue weighted by molar-refractivity contribution is 6.31. The van der Waals surface area contributed by atoms with Gasteiger partial charge in [-0.1, -0.05) is 24.4 Å². The smallest absolute Gasteiger partial charge is 0.0741 e. The Hall–Kier alpha value is -0.930. The predicted molar refractivity (Wildman–Crippen MR) is 67.7 cm³/mol. The molecular formula is C12H17ClN2O. The summed E-state index contributed by atoms with van der Waals surface area (Å²) in [6.45, 7) is 0. The second kappa shape index (κ2) is 4.93. The third-order valence-electron chi connectivity index (χ3n) is 3.08. The van der Waals surface area contributed by atoms with Crippen molar-refractivity contribution in [1.29, 1.82) is 0 Å². The molecule has 88 valence electrons. The Morgan fingerprint density at radius 3 is 2.75 bits per heavy atom. The van der Waals surface area contributed by atoms with Crippen LogP contribution in [-0.4, -0.2) is 17.3 Å². The Bertz CT molecular complexity index is 370. The zero-order valence-electron chi connectivity index (χ0n) is 9.12. The van der Waals surface area contributed by atoms with Crippen molar-refractivity contribution >= 4 is 23.0 Å². The molecule has 0 saturated heterocycles. The van der Waals surface area contributed by atoms with Crippen LogP contribution in [0.15, 0.2) is 18.2 Å². The molecule has 4 heteroatoms. The van der Waals surface area contributed by atoms with E-state index in [2.05, 4.69) is 5.32 Å². The Balaban J connectivity index is 2.07. The van der Waals surface area contributed by atoms with Gasteiger partial charge in [0.2, 0.25) is 0 Å². The molecule has 1 saturated carbocycles.